The highest BCUT2D eigenvalue weighted by atomic mass is 19.4. The minimum atomic E-state index is -5.14. The summed E-state index contributed by atoms with van der Waals surface area (Å²) in [7, 11) is 0. The molecule has 0 aliphatic heterocycles. The molecule has 3 atom stereocenters. The molecule has 1 aliphatic carbocycles. The van der Waals surface area contributed by atoms with Crippen molar-refractivity contribution < 1.29 is 36.6 Å². The molecule has 8 heteroatoms. The predicted molar refractivity (Wildman–Crippen MR) is 31.2 cm³/mol. The summed E-state index contributed by atoms with van der Waals surface area (Å²) in [6.45, 7) is 0. The van der Waals surface area contributed by atoms with Gasteiger partial charge in [0.1, 0.15) is 0 Å². The lowest BCUT2D eigenvalue weighted by molar-refractivity contribution is -0.250. The van der Waals surface area contributed by atoms with Crippen molar-refractivity contribution in [2.45, 2.75) is 30.5 Å². The second kappa shape index (κ2) is 2.75. The Hall–Kier alpha value is -0.500. The third kappa shape index (κ3) is 1.68. The molecule has 0 heterocycles. The molecule has 2 unspecified atom stereocenters. The summed E-state index contributed by atoms with van der Waals surface area (Å²) in [6, 6.07) is 0. The number of halogens is 6. The number of aliphatic hydroxyl groups is 2. The third-order valence-electron chi connectivity index (χ3n) is 2.19. The molecular weight excluding hydrogens is 218 g/mol. The van der Waals surface area contributed by atoms with Gasteiger partial charge in [-0.15, -0.1) is 0 Å². The van der Waals surface area contributed by atoms with Crippen molar-refractivity contribution in [3.8, 4) is 0 Å². The lowest BCUT2D eigenvalue weighted by Gasteiger charge is -2.19. The van der Waals surface area contributed by atoms with Crippen LogP contribution in [0.2, 0.25) is 0 Å². The molecule has 0 aromatic rings. The Balaban J connectivity index is 2.71. The van der Waals surface area contributed by atoms with Crippen LogP contribution in [0.25, 0.3) is 0 Å². The molecule has 0 saturated heterocycles. The smallest absolute Gasteiger partial charge is 0.383 e. The van der Waals surface area contributed by atoms with Crippen LogP contribution in [-0.4, -0.2) is 34.3 Å². The van der Waals surface area contributed by atoms with Crippen LogP contribution in [-0.2, 0) is 0 Å². The van der Waals surface area contributed by atoms with Gasteiger partial charge in [0, 0.05) is 5.92 Å². The number of rotatable bonds is 1. The van der Waals surface area contributed by atoms with Gasteiger partial charge in [0.15, 0.2) is 11.7 Å². The molecule has 1 saturated carbocycles. The van der Waals surface area contributed by atoms with Gasteiger partial charge in [-0.05, 0) is 6.42 Å². The molecule has 84 valence electrons. The molecule has 14 heavy (non-hydrogen) atoms. The van der Waals surface area contributed by atoms with Crippen LogP contribution in [0.15, 0.2) is 0 Å². The van der Waals surface area contributed by atoms with E-state index in [1.807, 2.05) is 0 Å². The van der Waals surface area contributed by atoms with E-state index in [0.29, 0.717) is 0 Å². The van der Waals surface area contributed by atoms with E-state index in [1.54, 1.807) is 0 Å². The fourth-order valence-electron chi connectivity index (χ4n) is 1.20. The van der Waals surface area contributed by atoms with Gasteiger partial charge in [0.25, 0.3) is 0 Å². The first kappa shape index (κ1) is 11.6. The third-order valence-corrected chi connectivity index (χ3v) is 2.19. The van der Waals surface area contributed by atoms with Gasteiger partial charge in [-0.1, -0.05) is 0 Å². The molecule has 1 aliphatic rings. The van der Waals surface area contributed by atoms with E-state index in [2.05, 4.69) is 0 Å². The number of hydrogen-bond donors (Lipinski definition) is 2. The minimum absolute atomic E-state index is 1.11. The minimum Gasteiger partial charge on any atom is -0.383 e. The molecule has 0 aromatic carbocycles. The second-order valence-electron chi connectivity index (χ2n) is 3.22. The largest absolute Gasteiger partial charge is 0.417 e. The molecule has 0 spiro atoms. The second-order valence-corrected chi connectivity index (χ2v) is 3.22. The zero-order valence-electron chi connectivity index (χ0n) is 6.52. The van der Waals surface area contributed by atoms with Crippen molar-refractivity contribution in [2.75, 3.05) is 0 Å². The Bertz CT molecular complexity index is 233. The number of aliphatic hydroxyl groups excluding tert-OH is 1. The van der Waals surface area contributed by atoms with E-state index >= 15 is 0 Å². The van der Waals surface area contributed by atoms with Gasteiger partial charge in [-0.25, -0.2) is 0 Å². The first-order valence-corrected chi connectivity index (χ1v) is 3.54. The molecule has 2 nitrogen and oxygen atoms in total. The summed E-state index contributed by atoms with van der Waals surface area (Å²) < 4.78 is 70.9. The molecule has 1 fully saturated rings. The zero-order valence-corrected chi connectivity index (χ0v) is 6.52. The van der Waals surface area contributed by atoms with E-state index in [0.717, 1.165) is 0 Å². The van der Waals surface area contributed by atoms with Gasteiger partial charge >= 0.3 is 12.4 Å². The van der Waals surface area contributed by atoms with E-state index < -0.39 is 36.4 Å². The van der Waals surface area contributed by atoms with Crippen LogP contribution < -0.4 is 0 Å². The number of hydrogen-bond acceptors (Lipinski definition) is 2. The quantitative estimate of drug-likeness (QED) is 0.657. The Morgan fingerprint density at radius 3 is 1.79 bits per heavy atom. The average molecular weight is 224 g/mol. The standard InChI is InChI=1S/C6H6F6O2/c7-5(8,9)3(13)2-1-4(2,14)6(10,11)12/h2-3,13-14H,1H2/t2-,3?,4?/m1/s1. The fraction of sp³-hybridized carbons (Fsp3) is 1.00. The first-order chi connectivity index (χ1) is 6.00. The van der Waals surface area contributed by atoms with Crippen molar-refractivity contribution >= 4 is 0 Å². The highest BCUT2D eigenvalue weighted by molar-refractivity contribution is 5.12. The monoisotopic (exact) mass is 224 g/mol. The first-order valence-electron chi connectivity index (χ1n) is 3.54. The normalized spacial score (nSPS) is 35.6. The maximum Gasteiger partial charge on any atom is 0.417 e. The van der Waals surface area contributed by atoms with E-state index in [1.165, 1.54) is 0 Å². The highest BCUT2D eigenvalue weighted by Gasteiger charge is 2.75. The van der Waals surface area contributed by atoms with Crippen LogP contribution in [0.5, 0.6) is 0 Å². The van der Waals surface area contributed by atoms with Gasteiger partial charge in [0.05, 0.1) is 0 Å². The molecule has 0 radical (unpaired) electrons. The van der Waals surface area contributed by atoms with Gasteiger partial charge in [0.2, 0.25) is 0 Å². The fourth-order valence-corrected chi connectivity index (χ4v) is 1.20. The Kier molecular flexibility index (Phi) is 2.28. The maximum atomic E-state index is 11.9. The molecule has 0 bridgehead atoms. The summed E-state index contributed by atoms with van der Waals surface area (Å²) in [5, 5.41) is 17.1. The van der Waals surface area contributed by atoms with Gasteiger partial charge in [-0.3, -0.25) is 0 Å². The van der Waals surface area contributed by atoms with Crippen LogP contribution in [0.4, 0.5) is 26.3 Å². The summed E-state index contributed by atoms with van der Waals surface area (Å²) in [5.74, 6) is -2.21. The summed E-state index contributed by atoms with van der Waals surface area (Å²) in [4.78, 5) is 0. The Morgan fingerprint density at radius 2 is 1.57 bits per heavy atom. The zero-order chi connectivity index (χ0) is 11.4. The Labute approximate surface area is 74.1 Å². The molecule has 1 rings (SSSR count). The van der Waals surface area contributed by atoms with Gasteiger partial charge < -0.3 is 10.2 Å². The van der Waals surface area contributed by atoms with Crippen molar-refractivity contribution in [1.82, 2.24) is 0 Å². The van der Waals surface area contributed by atoms with E-state index in [9.17, 15) is 26.3 Å². The van der Waals surface area contributed by atoms with Crippen molar-refractivity contribution in [2.24, 2.45) is 5.92 Å². The van der Waals surface area contributed by atoms with E-state index in [4.69, 9.17) is 10.2 Å². The van der Waals surface area contributed by atoms with E-state index in [-0.39, 0.29) is 0 Å². The molecule has 0 amide bonds. The lowest BCUT2D eigenvalue weighted by atomic mass is 10.1. The molecular formula is C6H6F6O2. The van der Waals surface area contributed by atoms with Crippen molar-refractivity contribution in [3.05, 3.63) is 0 Å². The SMILES string of the molecule is OC([C@H]1CC1(O)C(F)(F)F)C(F)(F)F. The Morgan fingerprint density at radius 1 is 1.14 bits per heavy atom. The van der Waals surface area contributed by atoms with Crippen molar-refractivity contribution in [1.29, 1.82) is 0 Å². The molecule has 0 aromatic heterocycles. The average Bonchev–Trinajstić information content (AvgIpc) is 2.58. The van der Waals surface area contributed by atoms with Gasteiger partial charge in [-0.2, -0.15) is 26.3 Å². The predicted octanol–water partition coefficient (Wildman–Crippen LogP) is 1.22. The summed E-state index contributed by atoms with van der Waals surface area (Å²) >= 11 is 0. The van der Waals surface area contributed by atoms with Crippen LogP contribution in [0.1, 0.15) is 6.42 Å². The lowest BCUT2D eigenvalue weighted by Crippen LogP contribution is -2.40. The van der Waals surface area contributed by atoms with Crippen LogP contribution in [0, 0.1) is 5.92 Å². The number of alkyl halides is 6. The topological polar surface area (TPSA) is 40.5 Å². The summed E-state index contributed by atoms with van der Waals surface area (Å²) in [6.07, 6.45) is -14.5. The van der Waals surface area contributed by atoms with Crippen LogP contribution >= 0.6 is 0 Å². The van der Waals surface area contributed by atoms with Crippen molar-refractivity contribution in [3.63, 3.8) is 0 Å². The maximum absolute atomic E-state index is 11.9. The summed E-state index contributed by atoms with van der Waals surface area (Å²) in [5.41, 5.74) is -3.39. The highest BCUT2D eigenvalue weighted by Crippen LogP contribution is 2.57. The molecule has 2 N–H and O–H groups in total. The van der Waals surface area contributed by atoms with Crippen LogP contribution in [0.3, 0.4) is 0 Å².